The molecule has 3 unspecified atom stereocenters. The zero-order valence-corrected chi connectivity index (χ0v) is 8.56. The Kier molecular flexibility index (Phi) is 7.17. The van der Waals surface area contributed by atoms with Gasteiger partial charge in [0.05, 0.1) is 12.7 Å². The average molecular weight is 192 g/mol. The first-order valence-electron chi connectivity index (χ1n) is 4.72. The highest BCUT2D eigenvalue weighted by Crippen LogP contribution is 2.14. The Balaban J connectivity index is 0.000000671. The van der Waals surface area contributed by atoms with Gasteiger partial charge in [0.2, 0.25) is 0 Å². The normalized spacial score (nSPS) is 33.5. The van der Waals surface area contributed by atoms with Gasteiger partial charge < -0.3 is 19.7 Å². The molecule has 0 amide bonds. The second kappa shape index (κ2) is 7.26. The smallest absolute Gasteiger partial charge is 0.109 e. The summed E-state index contributed by atoms with van der Waals surface area (Å²) >= 11 is 0. The van der Waals surface area contributed by atoms with E-state index in [1.54, 1.807) is 0 Å². The number of aliphatic hydroxyl groups is 2. The number of ether oxygens (including phenoxy) is 2. The summed E-state index contributed by atoms with van der Waals surface area (Å²) in [5.74, 6) is 0. The largest absolute Gasteiger partial charge is 0.390 e. The van der Waals surface area contributed by atoms with Gasteiger partial charge >= 0.3 is 0 Å². The number of methoxy groups -OCH3 is 1. The van der Waals surface area contributed by atoms with Crippen LogP contribution in [0.3, 0.4) is 0 Å². The molecule has 1 heterocycles. The average Bonchev–Trinajstić information content (AvgIpc) is 2.17. The van der Waals surface area contributed by atoms with Crippen molar-refractivity contribution in [1.82, 2.24) is 0 Å². The Labute approximate surface area is 79.5 Å². The van der Waals surface area contributed by atoms with Gasteiger partial charge in [-0.15, -0.1) is 0 Å². The van der Waals surface area contributed by atoms with Crippen LogP contribution >= 0.6 is 0 Å². The minimum atomic E-state index is -0.802. The Morgan fingerprint density at radius 2 is 2.00 bits per heavy atom. The summed E-state index contributed by atoms with van der Waals surface area (Å²) in [5, 5.41) is 18.5. The third-order valence-corrected chi connectivity index (χ3v) is 1.85. The van der Waals surface area contributed by atoms with Crippen LogP contribution in [0.4, 0.5) is 0 Å². The zero-order chi connectivity index (χ0) is 10.3. The molecule has 0 aromatic carbocycles. The molecule has 0 radical (unpaired) electrons. The topological polar surface area (TPSA) is 58.9 Å². The van der Waals surface area contributed by atoms with Crippen LogP contribution in [0.1, 0.15) is 20.3 Å². The maximum atomic E-state index is 9.31. The molecule has 4 heteroatoms. The van der Waals surface area contributed by atoms with E-state index < -0.39 is 12.2 Å². The van der Waals surface area contributed by atoms with E-state index in [0.717, 1.165) is 0 Å². The van der Waals surface area contributed by atoms with Crippen LogP contribution < -0.4 is 0 Å². The third-order valence-electron chi connectivity index (χ3n) is 1.85. The molecular formula is C9H20O4. The Morgan fingerprint density at radius 3 is 2.54 bits per heavy atom. The predicted molar refractivity (Wildman–Crippen MR) is 49.6 cm³/mol. The monoisotopic (exact) mass is 192 g/mol. The van der Waals surface area contributed by atoms with Gasteiger partial charge in [-0.3, -0.25) is 0 Å². The number of aliphatic hydroxyl groups excluding tert-OH is 2. The molecule has 4 nitrogen and oxygen atoms in total. The molecule has 0 aromatic heterocycles. The molecule has 1 aliphatic rings. The molecular weight excluding hydrogens is 172 g/mol. The van der Waals surface area contributed by atoms with Gasteiger partial charge in [-0.05, 0) is 6.42 Å². The molecule has 1 aliphatic heterocycles. The summed E-state index contributed by atoms with van der Waals surface area (Å²) in [6.07, 6.45) is -1.34. The van der Waals surface area contributed by atoms with Crippen molar-refractivity contribution in [1.29, 1.82) is 0 Å². The summed E-state index contributed by atoms with van der Waals surface area (Å²) in [7, 11) is 1.54. The second-order valence-corrected chi connectivity index (χ2v) is 2.71. The lowest BCUT2D eigenvalue weighted by molar-refractivity contribution is -0.151. The zero-order valence-electron chi connectivity index (χ0n) is 8.56. The quantitative estimate of drug-likeness (QED) is 0.655. The fourth-order valence-electron chi connectivity index (χ4n) is 1.17. The van der Waals surface area contributed by atoms with Crippen LogP contribution in [0.15, 0.2) is 0 Å². The lowest BCUT2D eigenvalue weighted by Gasteiger charge is -2.31. The predicted octanol–water partition coefficient (Wildman–Crippen LogP) is 0.170. The van der Waals surface area contributed by atoms with Gasteiger partial charge in [0, 0.05) is 13.7 Å². The molecule has 13 heavy (non-hydrogen) atoms. The molecule has 0 aliphatic carbocycles. The molecule has 1 saturated heterocycles. The molecule has 1 rings (SSSR count). The molecule has 0 bridgehead atoms. The van der Waals surface area contributed by atoms with Crippen LogP contribution in [0.2, 0.25) is 0 Å². The standard InChI is InChI=1S/C7H14O4.C2H6/c1-10-4-6-7(9)5(8)2-3-11-6;1-2/h5-9H,2-4H2,1H3;1-2H3. The highest BCUT2D eigenvalue weighted by Gasteiger charge is 2.30. The van der Waals surface area contributed by atoms with E-state index in [-0.39, 0.29) is 6.10 Å². The summed E-state index contributed by atoms with van der Waals surface area (Å²) in [4.78, 5) is 0. The van der Waals surface area contributed by atoms with Gasteiger partial charge in [-0.25, -0.2) is 0 Å². The first-order valence-corrected chi connectivity index (χ1v) is 4.72. The van der Waals surface area contributed by atoms with E-state index in [0.29, 0.717) is 19.6 Å². The molecule has 0 saturated carbocycles. The Bertz CT molecular complexity index is 116. The number of hydrogen-bond acceptors (Lipinski definition) is 4. The Morgan fingerprint density at radius 1 is 1.38 bits per heavy atom. The lowest BCUT2D eigenvalue weighted by Crippen LogP contribution is -2.46. The molecule has 0 aromatic rings. The van der Waals surface area contributed by atoms with Gasteiger partial charge in [0.15, 0.2) is 0 Å². The van der Waals surface area contributed by atoms with Crippen LogP contribution in [-0.4, -0.2) is 48.8 Å². The summed E-state index contributed by atoms with van der Waals surface area (Å²) in [6, 6.07) is 0. The second-order valence-electron chi connectivity index (χ2n) is 2.71. The fraction of sp³-hybridized carbons (Fsp3) is 1.00. The minimum Gasteiger partial charge on any atom is -0.390 e. The maximum absolute atomic E-state index is 9.31. The third kappa shape index (κ3) is 4.04. The van der Waals surface area contributed by atoms with Crippen molar-refractivity contribution in [2.75, 3.05) is 20.3 Å². The van der Waals surface area contributed by atoms with Crippen LogP contribution in [0.5, 0.6) is 0 Å². The van der Waals surface area contributed by atoms with Crippen molar-refractivity contribution in [3.05, 3.63) is 0 Å². The van der Waals surface area contributed by atoms with E-state index in [9.17, 15) is 10.2 Å². The van der Waals surface area contributed by atoms with E-state index in [1.807, 2.05) is 13.8 Å². The van der Waals surface area contributed by atoms with E-state index >= 15 is 0 Å². The SMILES string of the molecule is CC.COCC1OCCC(O)C1O. The lowest BCUT2D eigenvalue weighted by atomic mass is 10.0. The first-order chi connectivity index (χ1) is 6.25. The van der Waals surface area contributed by atoms with Crippen molar-refractivity contribution in [3.63, 3.8) is 0 Å². The highest BCUT2D eigenvalue weighted by molar-refractivity contribution is 4.80. The molecule has 3 atom stereocenters. The van der Waals surface area contributed by atoms with Crippen molar-refractivity contribution in [2.24, 2.45) is 0 Å². The van der Waals surface area contributed by atoms with Gasteiger partial charge in [-0.1, -0.05) is 13.8 Å². The van der Waals surface area contributed by atoms with Crippen LogP contribution in [0, 0.1) is 0 Å². The summed E-state index contributed by atoms with van der Waals surface area (Å²) in [6.45, 7) is 4.82. The van der Waals surface area contributed by atoms with Gasteiger partial charge in [0.1, 0.15) is 12.2 Å². The van der Waals surface area contributed by atoms with E-state index in [1.165, 1.54) is 7.11 Å². The van der Waals surface area contributed by atoms with Crippen molar-refractivity contribution >= 4 is 0 Å². The Hall–Kier alpha value is -0.160. The number of rotatable bonds is 2. The van der Waals surface area contributed by atoms with Crippen LogP contribution in [-0.2, 0) is 9.47 Å². The minimum absolute atomic E-state index is 0.332. The maximum Gasteiger partial charge on any atom is 0.109 e. The van der Waals surface area contributed by atoms with Crippen molar-refractivity contribution < 1.29 is 19.7 Å². The highest BCUT2D eigenvalue weighted by atomic mass is 16.5. The van der Waals surface area contributed by atoms with Crippen LogP contribution in [0.25, 0.3) is 0 Å². The van der Waals surface area contributed by atoms with Crippen molar-refractivity contribution in [2.45, 2.75) is 38.6 Å². The fourth-order valence-corrected chi connectivity index (χ4v) is 1.17. The van der Waals surface area contributed by atoms with E-state index in [2.05, 4.69) is 0 Å². The van der Waals surface area contributed by atoms with Crippen molar-refractivity contribution in [3.8, 4) is 0 Å². The first kappa shape index (κ1) is 12.8. The van der Waals surface area contributed by atoms with E-state index in [4.69, 9.17) is 9.47 Å². The molecule has 0 spiro atoms. The van der Waals surface area contributed by atoms with Gasteiger partial charge in [-0.2, -0.15) is 0 Å². The summed E-state index contributed by atoms with van der Waals surface area (Å²) < 4.78 is 9.97. The molecule has 80 valence electrons. The van der Waals surface area contributed by atoms with Gasteiger partial charge in [0.25, 0.3) is 0 Å². The molecule has 2 N–H and O–H groups in total. The number of hydrogen-bond donors (Lipinski definition) is 2. The summed E-state index contributed by atoms with van der Waals surface area (Å²) in [5.41, 5.74) is 0. The molecule has 1 fully saturated rings.